The summed E-state index contributed by atoms with van der Waals surface area (Å²) in [5, 5.41) is 3.12. The molecule has 0 saturated carbocycles. The van der Waals surface area contributed by atoms with Crippen LogP contribution in [0.5, 0.6) is 0 Å². The van der Waals surface area contributed by atoms with Crippen LogP contribution in [0.25, 0.3) is 0 Å². The Labute approximate surface area is 85.6 Å². The zero-order valence-corrected chi connectivity index (χ0v) is 9.08. The molecule has 1 heterocycles. The van der Waals surface area contributed by atoms with Gasteiger partial charge in [0.05, 0.1) is 12.6 Å². The zero-order chi connectivity index (χ0) is 10.4. The molecular formula is C10H20N2O2. The molecule has 4 nitrogen and oxygen atoms in total. The molecule has 0 aliphatic carbocycles. The number of hydrogen-bond donors (Lipinski definition) is 1. The Bertz CT molecular complexity index is 177. The molecule has 1 atom stereocenters. The average molecular weight is 200 g/mol. The number of likely N-dealkylation sites (N-methyl/N-ethyl adjacent to an activating group) is 1. The van der Waals surface area contributed by atoms with Crippen molar-refractivity contribution in [2.45, 2.75) is 25.4 Å². The summed E-state index contributed by atoms with van der Waals surface area (Å²) in [6.45, 7) is 2.20. The molecule has 1 saturated heterocycles. The molecule has 0 spiro atoms. The van der Waals surface area contributed by atoms with E-state index in [2.05, 4.69) is 5.32 Å². The Morgan fingerprint density at radius 3 is 2.93 bits per heavy atom. The molecule has 1 N–H and O–H groups in total. The van der Waals surface area contributed by atoms with Gasteiger partial charge in [-0.25, -0.2) is 0 Å². The maximum atomic E-state index is 11.2. The van der Waals surface area contributed by atoms with Crippen molar-refractivity contribution in [3.05, 3.63) is 0 Å². The van der Waals surface area contributed by atoms with Crippen molar-refractivity contribution in [1.29, 1.82) is 0 Å². The minimum atomic E-state index is 0.123. The second-order valence-corrected chi connectivity index (χ2v) is 3.89. The van der Waals surface area contributed by atoms with E-state index in [-0.39, 0.29) is 5.91 Å². The van der Waals surface area contributed by atoms with E-state index in [1.807, 2.05) is 0 Å². The maximum Gasteiger partial charge on any atom is 0.236 e. The van der Waals surface area contributed by atoms with Crippen molar-refractivity contribution >= 4 is 5.91 Å². The average Bonchev–Trinajstić information content (AvgIpc) is 2.64. The van der Waals surface area contributed by atoms with Crippen LogP contribution in [0, 0.1) is 0 Å². The summed E-state index contributed by atoms with van der Waals surface area (Å²) in [5.74, 6) is 0.123. The predicted molar refractivity (Wildman–Crippen MR) is 55.2 cm³/mol. The molecule has 0 bridgehead atoms. The first kappa shape index (κ1) is 11.5. The highest BCUT2D eigenvalue weighted by atomic mass is 16.5. The number of carbonyl (C=O) groups is 1. The van der Waals surface area contributed by atoms with Crippen LogP contribution in [0.3, 0.4) is 0 Å². The quantitative estimate of drug-likeness (QED) is 0.646. The molecule has 14 heavy (non-hydrogen) atoms. The van der Waals surface area contributed by atoms with Gasteiger partial charge in [-0.1, -0.05) is 0 Å². The van der Waals surface area contributed by atoms with Crippen LogP contribution < -0.4 is 5.32 Å². The van der Waals surface area contributed by atoms with E-state index in [1.54, 1.807) is 19.0 Å². The van der Waals surface area contributed by atoms with Gasteiger partial charge in [-0.05, 0) is 25.8 Å². The molecule has 0 aromatic rings. The van der Waals surface area contributed by atoms with Gasteiger partial charge in [0.25, 0.3) is 0 Å². The van der Waals surface area contributed by atoms with E-state index < -0.39 is 0 Å². The summed E-state index contributed by atoms with van der Waals surface area (Å²) >= 11 is 0. The Morgan fingerprint density at radius 1 is 1.57 bits per heavy atom. The molecule has 1 fully saturated rings. The first-order chi connectivity index (χ1) is 6.70. The van der Waals surface area contributed by atoms with Crippen LogP contribution in [-0.2, 0) is 9.53 Å². The van der Waals surface area contributed by atoms with E-state index in [0.717, 1.165) is 19.6 Å². The molecule has 0 aromatic carbocycles. The van der Waals surface area contributed by atoms with Gasteiger partial charge in [-0.3, -0.25) is 4.79 Å². The lowest BCUT2D eigenvalue weighted by atomic mass is 10.2. The highest BCUT2D eigenvalue weighted by Crippen LogP contribution is 2.14. The number of nitrogens with one attached hydrogen (secondary N) is 1. The maximum absolute atomic E-state index is 11.2. The molecule has 1 amide bonds. The molecule has 1 aliphatic heterocycles. The fraction of sp³-hybridized carbons (Fsp3) is 0.900. The predicted octanol–water partition coefficient (Wildman–Crippen LogP) is 0.233. The van der Waals surface area contributed by atoms with E-state index in [9.17, 15) is 4.79 Å². The standard InChI is InChI=1S/C10H20N2O2/c1-12(2)10(13)8-11-6-5-9-4-3-7-14-9/h9,11H,3-8H2,1-2H3. The monoisotopic (exact) mass is 200 g/mol. The van der Waals surface area contributed by atoms with E-state index in [1.165, 1.54) is 12.8 Å². The summed E-state index contributed by atoms with van der Waals surface area (Å²) in [5.41, 5.74) is 0. The lowest BCUT2D eigenvalue weighted by Gasteiger charge is -2.12. The van der Waals surface area contributed by atoms with Gasteiger partial charge in [0.15, 0.2) is 0 Å². The minimum Gasteiger partial charge on any atom is -0.378 e. The Kier molecular flexibility index (Phi) is 4.90. The third kappa shape index (κ3) is 4.07. The molecular weight excluding hydrogens is 180 g/mol. The highest BCUT2D eigenvalue weighted by Gasteiger charge is 2.14. The summed E-state index contributed by atoms with van der Waals surface area (Å²) in [7, 11) is 3.54. The number of hydrogen-bond acceptors (Lipinski definition) is 3. The second-order valence-electron chi connectivity index (χ2n) is 3.89. The fourth-order valence-electron chi connectivity index (χ4n) is 1.49. The van der Waals surface area contributed by atoms with Crippen molar-refractivity contribution in [2.24, 2.45) is 0 Å². The molecule has 4 heteroatoms. The number of ether oxygens (including phenoxy) is 1. The SMILES string of the molecule is CN(C)C(=O)CNCCC1CCCO1. The Balaban J connectivity index is 1.96. The molecule has 1 unspecified atom stereocenters. The van der Waals surface area contributed by atoms with Gasteiger partial charge < -0.3 is 15.0 Å². The fourth-order valence-corrected chi connectivity index (χ4v) is 1.49. The zero-order valence-electron chi connectivity index (χ0n) is 9.08. The minimum absolute atomic E-state index is 0.123. The van der Waals surface area contributed by atoms with Crippen molar-refractivity contribution in [2.75, 3.05) is 33.8 Å². The second kappa shape index (κ2) is 5.98. The summed E-state index contributed by atoms with van der Waals surface area (Å²) < 4.78 is 5.47. The van der Waals surface area contributed by atoms with Gasteiger partial charge in [-0.2, -0.15) is 0 Å². The van der Waals surface area contributed by atoms with E-state index in [0.29, 0.717) is 12.6 Å². The van der Waals surface area contributed by atoms with Gasteiger partial charge in [0.1, 0.15) is 0 Å². The third-order valence-electron chi connectivity index (χ3n) is 2.44. The third-order valence-corrected chi connectivity index (χ3v) is 2.44. The summed E-state index contributed by atoms with van der Waals surface area (Å²) in [6.07, 6.45) is 3.78. The van der Waals surface area contributed by atoms with Crippen LogP contribution in [-0.4, -0.2) is 50.7 Å². The van der Waals surface area contributed by atoms with Crippen LogP contribution in [0.1, 0.15) is 19.3 Å². The van der Waals surface area contributed by atoms with Crippen molar-refractivity contribution < 1.29 is 9.53 Å². The lowest BCUT2D eigenvalue weighted by Crippen LogP contribution is -2.34. The molecule has 82 valence electrons. The largest absolute Gasteiger partial charge is 0.378 e. The van der Waals surface area contributed by atoms with Gasteiger partial charge >= 0.3 is 0 Å². The van der Waals surface area contributed by atoms with Crippen molar-refractivity contribution in [3.8, 4) is 0 Å². The molecule has 0 aromatic heterocycles. The normalized spacial score (nSPS) is 21.1. The number of carbonyl (C=O) groups excluding carboxylic acids is 1. The van der Waals surface area contributed by atoms with Crippen LogP contribution in [0.2, 0.25) is 0 Å². The highest BCUT2D eigenvalue weighted by molar-refractivity contribution is 5.77. The van der Waals surface area contributed by atoms with Crippen molar-refractivity contribution in [3.63, 3.8) is 0 Å². The first-order valence-corrected chi connectivity index (χ1v) is 5.22. The number of rotatable bonds is 5. The first-order valence-electron chi connectivity index (χ1n) is 5.22. The Hall–Kier alpha value is -0.610. The number of amides is 1. The lowest BCUT2D eigenvalue weighted by molar-refractivity contribution is -0.127. The van der Waals surface area contributed by atoms with Crippen LogP contribution in [0.15, 0.2) is 0 Å². The van der Waals surface area contributed by atoms with Gasteiger partial charge in [0, 0.05) is 20.7 Å². The van der Waals surface area contributed by atoms with Crippen molar-refractivity contribution in [1.82, 2.24) is 10.2 Å². The number of nitrogens with zero attached hydrogens (tertiary/aromatic N) is 1. The summed E-state index contributed by atoms with van der Waals surface area (Å²) in [4.78, 5) is 12.8. The Morgan fingerprint density at radius 2 is 2.36 bits per heavy atom. The smallest absolute Gasteiger partial charge is 0.236 e. The summed E-state index contributed by atoms with van der Waals surface area (Å²) in [6, 6.07) is 0. The van der Waals surface area contributed by atoms with E-state index in [4.69, 9.17) is 4.74 Å². The van der Waals surface area contributed by atoms with E-state index >= 15 is 0 Å². The van der Waals surface area contributed by atoms with Crippen LogP contribution in [0.4, 0.5) is 0 Å². The molecule has 1 rings (SSSR count). The molecule has 0 radical (unpaired) electrons. The van der Waals surface area contributed by atoms with Crippen LogP contribution >= 0.6 is 0 Å². The van der Waals surface area contributed by atoms with Gasteiger partial charge in [0.2, 0.25) is 5.91 Å². The topological polar surface area (TPSA) is 41.6 Å². The van der Waals surface area contributed by atoms with Gasteiger partial charge in [-0.15, -0.1) is 0 Å². The molecule has 1 aliphatic rings.